The number of carbonyl (C=O) groups is 3. The highest BCUT2D eigenvalue weighted by atomic mass is 16.2. The minimum absolute atomic E-state index is 0.00664. The molecule has 2 aromatic rings. The standard InChI is InChI=1S/C23H27N3O3/c1-15(27)26-10-8-19(9-11-26)25-22(28)14-24-23(29)21-13-20(21)18-7-6-16-4-2-3-5-17(16)12-18/h2-7,12,19-21H,8-11,13-14H2,1H3,(H,24,29)(H,25,28)/t20-,21+/m0/s1. The maximum Gasteiger partial charge on any atom is 0.239 e. The van der Waals surface area contributed by atoms with Gasteiger partial charge in [0.2, 0.25) is 17.7 Å². The minimum atomic E-state index is -0.164. The van der Waals surface area contributed by atoms with Crippen LogP contribution in [0, 0.1) is 5.92 Å². The van der Waals surface area contributed by atoms with Gasteiger partial charge in [-0.05, 0) is 41.5 Å². The highest BCUT2D eigenvalue weighted by Crippen LogP contribution is 2.48. The number of fused-ring (bicyclic) bond motifs is 1. The highest BCUT2D eigenvalue weighted by molar-refractivity contribution is 5.89. The Morgan fingerprint density at radius 2 is 1.76 bits per heavy atom. The Morgan fingerprint density at radius 3 is 2.48 bits per heavy atom. The molecule has 1 heterocycles. The first-order chi connectivity index (χ1) is 14.0. The molecule has 0 spiro atoms. The molecule has 152 valence electrons. The lowest BCUT2D eigenvalue weighted by Crippen LogP contribution is -2.48. The van der Waals surface area contributed by atoms with Gasteiger partial charge in [0.25, 0.3) is 0 Å². The van der Waals surface area contributed by atoms with Crippen molar-refractivity contribution in [2.75, 3.05) is 19.6 Å². The molecule has 2 aliphatic rings. The first-order valence-corrected chi connectivity index (χ1v) is 10.3. The van der Waals surface area contributed by atoms with E-state index in [9.17, 15) is 14.4 Å². The van der Waals surface area contributed by atoms with Gasteiger partial charge in [0.05, 0.1) is 6.54 Å². The van der Waals surface area contributed by atoms with Crippen LogP contribution in [0.2, 0.25) is 0 Å². The van der Waals surface area contributed by atoms with E-state index in [2.05, 4.69) is 41.0 Å². The Labute approximate surface area is 170 Å². The average Bonchev–Trinajstić information content (AvgIpc) is 3.53. The molecular weight excluding hydrogens is 366 g/mol. The summed E-state index contributed by atoms with van der Waals surface area (Å²) in [7, 11) is 0. The summed E-state index contributed by atoms with van der Waals surface area (Å²) >= 11 is 0. The molecule has 1 aliphatic heterocycles. The predicted octanol–water partition coefficient (Wildman–Crippen LogP) is 2.19. The monoisotopic (exact) mass is 393 g/mol. The molecule has 2 atom stereocenters. The lowest BCUT2D eigenvalue weighted by Gasteiger charge is -2.31. The predicted molar refractivity (Wildman–Crippen MR) is 111 cm³/mol. The molecule has 0 unspecified atom stereocenters. The molecule has 1 saturated carbocycles. The lowest BCUT2D eigenvalue weighted by molar-refractivity contribution is -0.130. The molecule has 6 heteroatoms. The van der Waals surface area contributed by atoms with E-state index in [1.807, 2.05) is 12.1 Å². The molecule has 1 aliphatic carbocycles. The largest absolute Gasteiger partial charge is 0.352 e. The number of rotatable bonds is 5. The molecule has 0 radical (unpaired) electrons. The molecule has 6 nitrogen and oxygen atoms in total. The third kappa shape index (κ3) is 4.58. The van der Waals surface area contributed by atoms with E-state index in [1.54, 1.807) is 11.8 Å². The van der Waals surface area contributed by atoms with Gasteiger partial charge in [-0.3, -0.25) is 14.4 Å². The number of nitrogens with zero attached hydrogens (tertiary/aromatic N) is 1. The van der Waals surface area contributed by atoms with Gasteiger partial charge in [-0.25, -0.2) is 0 Å². The van der Waals surface area contributed by atoms with Crippen molar-refractivity contribution in [3.63, 3.8) is 0 Å². The number of hydrogen-bond acceptors (Lipinski definition) is 3. The Hall–Kier alpha value is -2.89. The van der Waals surface area contributed by atoms with E-state index < -0.39 is 0 Å². The van der Waals surface area contributed by atoms with Gasteiger partial charge in [-0.1, -0.05) is 42.5 Å². The first kappa shape index (κ1) is 19.4. The van der Waals surface area contributed by atoms with Crippen molar-refractivity contribution in [1.82, 2.24) is 15.5 Å². The van der Waals surface area contributed by atoms with Crippen LogP contribution < -0.4 is 10.6 Å². The fourth-order valence-corrected chi connectivity index (χ4v) is 4.21. The zero-order chi connectivity index (χ0) is 20.4. The third-order valence-electron chi connectivity index (χ3n) is 6.06. The molecule has 1 saturated heterocycles. The molecule has 4 rings (SSSR count). The van der Waals surface area contributed by atoms with Gasteiger partial charge in [0.15, 0.2) is 0 Å². The number of likely N-dealkylation sites (tertiary alicyclic amines) is 1. The van der Waals surface area contributed by atoms with Gasteiger partial charge in [-0.2, -0.15) is 0 Å². The topological polar surface area (TPSA) is 78.5 Å². The molecule has 2 aromatic carbocycles. The number of carbonyl (C=O) groups excluding carboxylic acids is 3. The fraction of sp³-hybridized carbons (Fsp3) is 0.435. The Kier molecular flexibility index (Phi) is 5.51. The van der Waals surface area contributed by atoms with Crippen molar-refractivity contribution in [2.24, 2.45) is 5.92 Å². The van der Waals surface area contributed by atoms with Crippen LogP contribution in [-0.2, 0) is 14.4 Å². The second-order valence-corrected chi connectivity index (χ2v) is 8.12. The Morgan fingerprint density at radius 1 is 1.03 bits per heavy atom. The molecular formula is C23H27N3O3. The number of nitrogens with one attached hydrogen (secondary N) is 2. The van der Waals surface area contributed by atoms with Crippen molar-refractivity contribution < 1.29 is 14.4 Å². The highest BCUT2D eigenvalue weighted by Gasteiger charge is 2.43. The van der Waals surface area contributed by atoms with E-state index in [1.165, 1.54) is 16.3 Å². The van der Waals surface area contributed by atoms with E-state index in [0.717, 1.165) is 19.3 Å². The van der Waals surface area contributed by atoms with Gasteiger partial charge in [-0.15, -0.1) is 0 Å². The normalized spacial score (nSPS) is 21.6. The van der Waals surface area contributed by atoms with Crippen molar-refractivity contribution in [2.45, 2.75) is 38.1 Å². The summed E-state index contributed by atoms with van der Waals surface area (Å²) in [5, 5.41) is 8.13. The molecule has 0 bridgehead atoms. The zero-order valence-electron chi connectivity index (χ0n) is 16.7. The SMILES string of the molecule is CC(=O)N1CCC(NC(=O)CNC(=O)[C@@H]2C[C@H]2c2ccc3ccccc3c2)CC1. The number of benzene rings is 2. The van der Waals surface area contributed by atoms with Crippen LogP contribution in [0.25, 0.3) is 10.8 Å². The fourth-order valence-electron chi connectivity index (χ4n) is 4.21. The van der Waals surface area contributed by atoms with E-state index in [0.29, 0.717) is 13.1 Å². The summed E-state index contributed by atoms with van der Waals surface area (Å²) in [5.74, 6) is 0.0426. The quantitative estimate of drug-likeness (QED) is 0.817. The van der Waals surface area contributed by atoms with Gasteiger partial charge < -0.3 is 15.5 Å². The summed E-state index contributed by atoms with van der Waals surface area (Å²) in [4.78, 5) is 37.8. The van der Waals surface area contributed by atoms with Crippen LogP contribution in [-0.4, -0.2) is 48.3 Å². The van der Waals surface area contributed by atoms with Crippen LogP contribution in [0.5, 0.6) is 0 Å². The van der Waals surface area contributed by atoms with Gasteiger partial charge >= 0.3 is 0 Å². The summed E-state index contributed by atoms with van der Waals surface area (Å²) in [6.07, 6.45) is 2.34. The summed E-state index contributed by atoms with van der Waals surface area (Å²) in [6, 6.07) is 14.6. The number of amides is 3. The van der Waals surface area contributed by atoms with Gasteiger partial charge in [0, 0.05) is 32.0 Å². The maximum atomic E-state index is 12.4. The van der Waals surface area contributed by atoms with Crippen molar-refractivity contribution in [3.05, 3.63) is 48.0 Å². The third-order valence-corrected chi connectivity index (χ3v) is 6.06. The average molecular weight is 393 g/mol. The van der Waals surface area contributed by atoms with E-state index >= 15 is 0 Å². The first-order valence-electron chi connectivity index (χ1n) is 10.3. The van der Waals surface area contributed by atoms with Crippen LogP contribution in [0.15, 0.2) is 42.5 Å². The summed E-state index contributed by atoms with van der Waals surface area (Å²) in [5.41, 5.74) is 1.19. The van der Waals surface area contributed by atoms with E-state index in [4.69, 9.17) is 0 Å². The van der Waals surface area contributed by atoms with E-state index in [-0.39, 0.29) is 42.1 Å². The maximum absolute atomic E-state index is 12.4. The Bertz CT molecular complexity index is 934. The van der Waals surface area contributed by atoms with Crippen molar-refractivity contribution >= 4 is 28.5 Å². The zero-order valence-corrected chi connectivity index (χ0v) is 16.7. The van der Waals surface area contributed by atoms with Crippen molar-refractivity contribution in [1.29, 1.82) is 0 Å². The van der Waals surface area contributed by atoms with Crippen LogP contribution in [0.1, 0.15) is 37.7 Å². The van der Waals surface area contributed by atoms with Gasteiger partial charge in [0.1, 0.15) is 0 Å². The Balaban J connectivity index is 1.22. The molecule has 2 fully saturated rings. The molecule has 3 amide bonds. The summed E-state index contributed by atoms with van der Waals surface area (Å²) in [6.45, 7) is 2.91. The second kappa shape index (κ2) is 8.23. The second-order valence-electron chi connectivity index (χ2n) is 8.12. The van der Waals surface area contributed by atoms with Crippen LogP contribution >= 0.6 is 0 Å². The molecule has 29 heavy (non-hydrogen) atoms. The molecule has 2 N–H and O–H groups in total. The lowest BCUT2D eigenvalue weighted by atomic mass is 10.0. The van der Waals surface area contributed by atoms with Crippen LogP contribution in [0.3, 0.4) is 0 Å². The minimum Gasteiger partial charge on any atom is -0.352 e. The molecule has 0 aromatic heterocycles. The number of piperidine rings is 1. The van der Waals surface area contributed by atoms with Crippen LogP contribution in [0.4, 0.5) is 0 Å². The smallest absolute Gasteiger partial charge is 0.239 e. The van der Waals surface area contributed by atoms with Crippen molar-refractivity contribution in [3.8, 4) is 0 Å². The summed E-state index contributed by atoms with van der Waals surface area (Å²) < 4.78 is 0. The number of hydrogen-bond donors (Lipinski definition) is 2.